The van der Waals surface area contributed by atoms with Crippen molar-refractivity contribution < 1.29 is 0 Å². The standard InChI is InChI=1S/C16H23N/c1-12-3-5-13(6-4-12)15(14-7-8-14)17-11-16(2)9-10-16/h3-6,14-15,17H,7-11H2,1-2H3. The Kier molecular flexibility index (Phi) is 2.74. The molecule has 1 N–H and O–H groups in total. The van der Waals surface area contributed by atoms with Crippen LogP contribution in [0.5, 0.6) is 0 Å². The van der Waals surface area contributed by atoms with Crippen LogP contribution in [0, 0.1) is 18.3 Å². The normalized spacial score (nSPS) is 23.4. The van der Waals surface area contributed by atoms with Crippen molar-refractivity contribution in [2.75, 3.05) is 6.54 Å². The Hall–Kier alpha value is -0.820. The van der Waals surface area contributed by atoms with E-state index in [1.807, 2.05) is 0 Å². The van der Waals surface area contributed by atoms with Crippen molar-refractivity contribution in [2.45, 2.75) is 45.6 Å². The highest BCUT2D eigenvalue weighted by molar-refractivity contribution is 5.25. The lowest BCUT2D eigenvalue weighted by atomic mass is 10.00. The van der Waals surface area contributed by atoms with E-state index in [0.717, 1.165) is 5.92 Å². The second-order valence-electron chi connectivity index (χ2n) is 6.42. The fourth-order valence-electron chi connectivity index (χ4n) is 2.51. The summed E-state index contributed by atoms with van der Waals surface area (Å²) in [6, 6.07) is 9.70. The van der Waals surface area contributed by atoms with Crippen LogP contribution in [-0.2, 0) is 0 Å². The molecule has 0 spiro atoms. The average Bonchev–Trinajstić information content (AvgIpc) is 3.20. The van der Waals surface area contributed by atoms with E-state index < -0.39 is 0 Å². The molecule has 92 valence electrons. The van der Waals surface area contributed by atoms with Gasteiger partial charge in [-0.1, -0.05) is 36.8 Å². The Labute approximate surface area is 105 Å². The molecule has 1 aromatic carbocycles. The van der Waals surface area contributed by atoms with Crippen LogP contribution < -0.4 is 5.32 Å². The van der Waals surface area contributed by atoms with Crippen molar-refractivity contribution in [3.63, 3.8) is 0 Å². The maximum atomic E-state index is 3.82. The maximum Gasteiger partial charge on any atom is 0.0348 e. The zero-order chi connectivity index (χ0) is 11.9. The van der Waals surface area contributed by atoms with Gasteiger partial charge < -0.3 is 5.32 Å². The minimum atomic E-state index is 0.605. The minimum absolute atomic E-state index is 0.605. The van der Waals surface area contributed by atoms with Crippen LogP contribution in [-0.4, -0.2) is 6.54 Å². The van der Waals surface area contributed by atoms with Crippen molar-refractivity contribution >= 4 is 0 Å². The second-order valence-corrected chi connectivity index (χ2v) is 6.42. The van der Waals surface area contributed by atoms with Gasteiger partial charge in [-0.3, -0.25) is 0 Å². The molecule has 2 fully saturated rings. The van der Waals surface area contributed by atoms with E-state index in [-0.39, 0.29) is 0 Å². The number of nitrogens with one attached hydrogen (secondary N) is 1. The van der Waals surface area contributed by atoms with E-state index in [1.54, 1.807) is 0 Å². The van der Waals surface area contributed by atoms with Gasteiger partial charge in [0.1, 0.15) is 0 Å². The summed E-state index contributed by atoms with van der Waals surface area (Å²) in [6.07, 6.45) is 5.63. The van der Waals surface area contributed by atoms with Gasteiger partial charge in [0.2, 0.25) is 0 Å². The third-order valence-electron chi connectivity index (χ3n) is 4.38. The Morgan fingerprint density at radius 1 is 1.24 bits per heavy atom. The van der Waals surface area contributed by atoms with Crippen molar-refractivity contribution in [1.82, 2.24) is 5.32 Å². The highest BCUT2D eigenvalue weighted by Gasteiger charge is 2.39. The molecule has 1 nitrogen and oxygen atoms in total. The van der Waals surface area contributed by atoms with E-state index in [0.29, 0.717) is 11.5 Å². The number of rotatable bonds is 5. The van der Waals surface area contributed by atoms with Gasteiger partial charge in [-0.05, 0) is 49.5 Å². The number of hydrogen-bond donors (Lipinski definition) is 1. The lowest BCUT2D eigenvalue weighted by Gasteiger charge is -2.21. The van der Waals surface area contributed by atoms with Gasteiger partial charge in [0.25, 0.3) is 0 Å². The van der Waals surface area contributed by atoms with Gasteiger partial charge in [-0.25, -0.2) is 0 Å². The van der Waals surface area contributed by atoms with Crippen molar-refractivity contribution in [3.05, 3.63) is 35.4 Å². The fourth-order valence-corrected chi connectivity index (χ4v) is 2.51. The molecule has 0 aliphatic heterocycles. The summed E-state index contributed by atoms with van der Waals surface area (Å²) in [6.45, 7) is 5.76. The SMILES string of the molecule is Cc1ccc(C(NCC2(C)CC2)C2CC2)cc1. The first kappa shape index (κ1) is 11.3. The molecule has 1 atom stereocenters. The smallest absolute Gasteiger partial charge is 0.0348 e. The molecular weight excluding hydrogens is 206 g/mol. The molecule has 0 bridgehead atoms. The van der Waals surface area contributed by atoms with E-state index in [4.69, 9.17) is 0 Å². The number of benzene rings is 1. The minimum Gasteiger partial charge on any atom is -0.309 e. The van der Waals surface area contributed by atoms with Crippen LogP contribution in [0.4, 0.5) is 0 Å². The monoisotopic (exact) mass is 229 g/mol. The summed E-state index contributed by atoms with van der Waals surface area (Å²) in [5, 5.41) is 3.82. The van der Waals surface area contributed by atoms with Crippen molar-refractivity contribution in [2.24, 2.45) is 11.3 Å². The van der Waals surface area contributed by atoms with Crippen LogP contribution >= 0.6 is 0 Å². The first-order valence-electron chi connectivity index (χ1n) is 6.96. The zero-order valence-corrected chi connectivity index (χ0v) is 11.0. The molecule has 2 saturated carbocycles. The lowest BCUT2D eigenvalue weighted by Crippen LogP contribution is -2.28. The molecule has 1 unspecified atom stereocenters. The lowest BCUT2D eigenvalue weighted by molar-refractivity contribution is 0.413. The second kappa shape index (κ2) is 4.13. The van der Waals surface area contributed by atoms with Gasteiger partial charge >= 0.3 is 0 Å². The largest absolute Gasteiger partial charge is 0.309 e. The number of aryl methyl sites for hydroxylation is 1. The molecule has 2 aliphatic carbocycles. The molecule has 0 heterocycles. The topological polar surface area (TPSA) is 12.0 Å². The van der Waals surface area contributed by atoms with E-state index in [2.05, 4.69) is 43.4 Å². The van der Waals surface area contributed by atoms with Crippen molar-refractivity contribution in [3.8, 4) is 0 Å². The van der Waals surface area contributed by atoms with Gasteiger partial charge in [-0.2, -0.15) is 0 Å². The molecule has 0 aromatic heterocycles. The van der Waals surface area contributed by atoms with Gasteiger partial charge in [0.05, 0.1) is 0 Å². The zero-order valence-electron chi connectivity index (χ0n) is 11.0. The third-order valence-corrected chi connectivity index (χ3v) is 4.38. The first-order chi connectivity index (χ1) is 8.16. The molecule has 3 rings (SSSR count). The van der Waals surface area contributed by atoms with E-state index >= 15 is 0 Å². The van der Waals surface area contributed by atoms with Gasteiger partial charge in [-0.15, -0.1) is 0 Å². The summed E-state index contributed by atoms with van der Waals surface area (Å²) in [7, 11) is 0. The molecule has 17 heavy (non-hydrogen) atoms. The summed E-state index contributed by atoms with van der Waals surface area (Å²) in [4.78, 5) is 0. The molecule has 0 saturated heterocycles. The van der Waals surface area contributed by atoms with E-state index in [9.17, 15) is 0 Å². The van der Waals surface area contributed by atoms with Crippen LogP contribution in [0.1, 0.15) is 49.8 Å². The van der Waals surface area contributed by atoms with Crippen LogP contribution in [0.15, 0.2) is 24.3 Å². The predicted octanol–water partition coefficient (Wildman–Crippen LogP) is 3.84. The molecule has 0 radical (unpaired) electrons. The summed E-state index contributed by atoms with van der Waals surface area (Å²) in [5.41, 5.74) is 3.46. The highest BCUT2D eigenvalue weighted by Crippen LogP contribution is 2.46. The van der Waals surface area contributed by atoms with Crippen LogP contribution in [0.25, 0.3) is 0 Å². The average molecular weight is 229 g/mol. The summed E-state index contributed by atoms with van der Waals surface area (Å²) >= 11 is 0. The van der Waals surface area contributed by atoms with E-state index in [1.165, 1.54) is 43.4 Å². The Balaban J connectivity index is 1.68. The quantitative estimate of drug-likeness (QED) is 0.809. The molecule has 1 aromatic rings. The summed E-state index contributed by atoms with van der Waals surface area (Å²) in [5.74, 6) is 0.889. The molecule has 2 aliphatic rings. The Morgan fingerprint density at radius 3 is 2.41 bits per heavy atom. The Bertz CT molecular complexity index is 384. The van der Waals surface area contributed by atoms with Crippen molar-refractivity contribution in [1.29, 1.82) is 0 Å². The predicted molar refractivity (Wildman–Crippen MR) is 72.0 cm³/mol. The Morgan fingerprint density at radius 2 is 1.88 bits per heavy atom. The highest BCUT2D eigenvalue weighted by atomic mass is 14.9. The summed E-state index contributed by atoms with van der Waals surface area (Å²) < 4.78 is 0. The molecular formula is C16H23N. The number of hydrogen-bond acceptors (Lipinski definition) is 1. The maximum absolute atomic E-state index is 3.82. The first-order valence-corrected chi connectivity index (χ1v) is 6.96. The van der Waals surface area contributed by atoms with Gasteiger partial charge in [0, 0.05) is 12.6 Å². The van der Waals surface area contributed by atoms with Crippen LogP contribution in [0.2, 0.25) is 0 Å². The fraction of sp³-hybridized carbons (Fsp3) is 0.625. The molecule has 0 amide bonds. The third kappa shape index (κ3) is 2.71. The molecule has 1 heteroatoms. The van der Waals surface area contributed by atoms with Gasteiger partial charge in [0.15, 0.2) is 0 Å². The van der Waals surface area contributed by atoms with Crippen LogP contribution in [0.3, 0.4) is 0 Å².